The number of hydrogen-bond acceptors (Lipinski definition) is 4. The van der Waals surface area contributed by atoms with Crippen LogP contribution in [-0.4, -0.2) is 44.6 Å². The summed E-state index contributed by atoms with van der Waals surface area (Å²) in [5, 5.41) is 34.5. The molecule has 120 valence electrons. The van der Waals surface area contributed by atoms with Crippen molar-refractivity contribution < 1.29 is 30.0 Å². The Morgan fingerprint density at radius 1 is 0.750 bits per heavy atom. The number of carbonyl (C=O) groups is 2. The standard InChI is InChI=1S/2C7H14O3/c2*1-5(2)3-6(8)4-7(9)10/h2*5-6,8H,3-4H2,1-2H3,(H,9,10). The highest BCUT2D eigenvalue weighted by Gasteiger charge is 2.11. The lowest BCUT2D eigenvalue weighted by Crippen LogP contribution is -2.14. The third-order valence-corrected chi connectivity index (χ3v) is 2.31. The molecule has 20 heavy (non-hydrogen) atoms. The lowest BCUT2D eigenvalue weighted by atomic mass is 10.0. The van der Waals surface area contributed by atoms with Gasteiger partial charge in [-0.05, 0) is 24.7 Å². The van der Waals surface area contributed by atoms with Crippen LogP contribution in [0.5, 0.6) is 0 Å². The number of carboxylic acid groups (broad SMARTS) is 2. The average Bonchev–Trinajstić information content (AvgIpc) is 2.11. The number of aliphatic hydroxyl groups is 2. The number of hydrogen-bond donors (Lipinski definition) is 4. The molecule has 0 bridgehead atoms. The van der Waals surface area contributed by atoms with Crippen molar-refractivity contribution in [2.45, 2.75) is 65.6 Å². The van der Waals surface area contributed by atoms with E-state index < -0.39 is 24.1 Å². The molecule has 2 unspecified atom stereocenters. The van der Waals surface area contributed by atoms with E-state index in [0.717, 1.165) is 0 Å². The van der Waals surface area contributed by atoms with Crippen LogP contribution in [0.4, 0.5) is 0 Å². The van der Waals surface area contributed by atoms with Gasteiger partial charge in [0.2, 0.25) is 0 Å². The lowest BCUT2D eigenvalue weighted by molar-refractivity contribution is -0.140. The Kier molecular flexibility index (Phi) is 12.3. The summed E-state index contributed by atoms with van der Waals surface area (Å²) in [6.07, 6.45) is -0.524. The number of rotatable bonds is 8. The summed E-state index contributed by atoms with van der Waals surface area (Å²) in [5.74, 6) is -1.16. The van der Waals surface area contributed by atoms with E-state index in [0.29, 0.717) is 24.7 Å². The first-order valence-corrected chi connectivity index (χ1v) is 6.84. The van der Waals surface area contributed by atoms with E-state index in [1.165, 1.54) is 0 Å². The molecule has 0 aliphatic heterocycles. The maximum Gasteiger partial charge on any atom is 0.305 e. The molecule has 2 atom stereocenters. The van der Waals surface area contributed by atoms with E-state index >= 15 is 0 Å². The Morgan fingerprint density at radius 2 is 1.00 bits per heavy atom. The first-order valence-electron chi connectivity index (χ1n) is 6.84. The van der Waals surface area contributed by atoms with Gasteiger partial charge in [-0.3, -0.25) is 9.59 Å². The largest absolute Gasteiger partial charge is 0.481 e. The molecule has 0 amide bonds. The molecule has 0 spiro atoms. The SMILES string of the molecule is CC(C)CC(O)CC(=O)O.CC(C)CC(O)CC(=O)O. The van der Waals surface area contributed by atoms with Crippen LogP contribution in [0.2, 0.25) is 0 Å². The third-order valence-electron chi connectivity index (χ3n) is 2.31. The van der Waals surface area contributed by atoms with Crippen molar-refractivity contribution in [1.29, 1.82) is 0 Å². The van der Waals surface area contributed by atoms with Gasteiger partial charge in [-0.2, -0.15) is 0 Å². The van der Waals surface area contributed by atoms with E-state index in [1.54, 1.807) is 0 Å². The van der Waals surface area contributed by atoms with E-state index in [9.17, 15) is 9.59 Å². The Hall–Kier alpha value is -1.14. The van der Waals surface area contributed by atoms with Crippen LogP contribution in [0.1, 0.15) is 53.4 Å². The molecule has 4 N–H and O–H groups in total. The van der Waals surface area contributed by atoms with Gasteiger partial charge in [0.05, 0.1) is 25.0 Å². The fourth-order valence-corrected chi connectivity index (χ4v) is 1.66. The summed E-state index contributed by atoms with van der Waals surface area (Å²) in [5.41, 5.74) is 0. The van der Waals surface area contributed by atoms with Crippen LogP contribution in [0.15, 0.2) is 0 Å². The van der Waals surface area contributed by atoms with Crippen molar-refractivity contribution in [2.75, 3.05) is 0 Å². The highest BCUT2D eigenvalue weighted by molar-refractivity contribution is 5.67. The Morgan fingerprint density at radius 3 is 1.15 bits per heavy atom. The predicted octanol–water partition coefficient (Wildman–Crippen LogP) is 1.74. The molecule has 0 rings (SSSR count). The van der Waals surface area contributed by atoms with Crippen LogP contribution in [0.25, 0.3) is 0 Å². The summed E-state index contributed by atoms with van der Waals surface area (Å²) in [7, 11) is 0. The number of aliphatic hydroxyl groups excluding tert-OH is 2. The minimum atomic E-state index is -0.937. The summed E-state index contributed by atoms with van der Waals surface area (Å²) in [6.45, 7) is 7.80. The van der Waals surface area contributed by atoms with Gasteiger partial charge in [0.1, 0.15) is 0 Å². The second-order valence-corrected chi connectivity index (χ2v) is 5.76. The average molecular weight is 292 g/mol. The monoisotopic (exact) mass is 292 g/mol. The number of aliphatic carboxylic acids is 2. The molecule has 0 saturated heterocycles. The van der Waals surface area contributed by atoms with Crippen molar-refractivity contribution in [2.24, 2.45) is 11.8 Å². The van der Waals surface area contributed by atoms with Gasteiger partial charge in [0.25, 0.3) is 0 Å². The third kappa shape index (κ3) is 19.2. The molecule has 0 aliphatic rings. The van der Waals surface area contributed by atoms with Gasteiger partial charge in [0, 0.05) is 0 Å². The summed E-state index contributed by atoms with van der Waals surface area (Å²) >= 11 is 0. The first-order chi connectivity index (χ1) is 9.04. The van der Waals surface area contributed by atoms with Gasteiger partial charge in [0.15, 0.2) is 0 Å². The maximum absolute atomic E-state index is 10.0. The topological polar surface area (TPSA) is 115 Å². The normalized spacial score (nSPS) is 13.6. The van der Waals surface area contributed by atoms with Crippen LogP contribution in [0.3, 0.4) is 0 Å². The van der Waals surface area contributed by atoms with E-state index in [-0.39, 0.29) is 12.8 Å². The Bertz CT molecular complexity index is 247. The molecule has 6 heteroatoms. The Balaban J connectivity index is 0. The molecule has 0 aromatic carbocycles. The highest BCUT2D eigenvalue weighted by Crippen LogP contribution is 2.07. The molecule has 0 heterocycles. The highest BCUT2D eigenvalue weighted by atomic mass is 16.4. The number of carboxylic acids is 2. The molecular weight excluding hydrogens is 264 g/mol. The Labute approximate surface area is 120 Å². The molecule has 0 fully saturated rings. The fraction of sp³-hybridized carbons (Fsp3) is 0.857. The second-order valence-electron chi connectivity index (χ2n) is 5.76. The van der Waals surface area contributed by atoms with E-state index in [2.05, 4.69) is 0 Å². The lowest BCUT2D eigenvalue weighted by Gasteiger charge is -2.09. The molecule has 0 aromatic heterocycles. The van der Waals surface area contributed by atoms with Crippen LogP contribution in [0, 0.1) is 11.8 Å². The van der Waals surface area contributed by atoms with Gasteiger partial charge in [-0.1, -0.05) is 27.7 Å². The minimum Gasteiger partial charge on any atom is -0.481 e. The first kappa shape index (κ1) is 21.2. The van der Waals surface area contributed by atoms with E-state index in [4.69, 9.17) is 20.4 Å². The van der Waals surface area contributed by atoms with Crippen molar-refractivity contribution in [3.8, 4) is 0 Å². The molecule has 0 radical (unpaired) electrons. The fourth-order valence-electron chi connectivity index (χ4n) is 1.66. The zero-order valence-corrected chi connectivity index (χ0v) is 12.7. The summed E-state index contributed by atoms with van der Waals surface area (Å²) in [4.78, 5) is 20.1. The van der Waals surface area contributed by atoms with Crippen molar-refractivity contribution in [3.05, 3.63) is 0 Å². The van der Waals surface area contributed by atoms with Crippen molar-refractivity contribution in [1.82, 2.24) is 0 Å². The smallest absolute Gasteiger partial charge is 0.305 e. The van der Waals surface area contributed by atoms with Gasteiger partial charge >= 0.3 is 11.9 Å². The maximum atomic E-state index is 10.0. The molecular formula is C14H28O6. The summed E-state index contributed by atoms with van der Waals surface area (Å²) < 4.78 is 0. The minimum absolute atomic E-state index is 0.141. The van der Waals surface area contributed by atoms with E-state index in [1.807, 2.05) is 27.7 Å². The van der Waals surface area contributed by atoms with Gasteiger partial charge in [-0.15, -0.1) is 0 Å². The zero-order valence-electron chi connectivity index (χ0n) is 12.7. The van der Waals surface area contributed by atoms with Crippen LogP contribution < -0.4 is 0 Å². The molecule has 0 aliphatic carbocycles. The van der Waals surface area contributed by atoms with Crippen LogP contribution >= 0.6 is 0 Å². The summed E-state index contributed by atoms with van der Waals surface area (Å²) in [6, 6.07) is 0. The molecule has 6 nitrogen and oxygen atoms in total. The quantitative estimate of drug-likeness (QED) is 0.541. The zero-order chi connectivity index (χ0) is 16.3. The second kappa shape index (κ2) is 11.7. The van der Waals surface area contributed by atoms with Gasteiger partial charge in [-0.25, -0.2) is 0 Å². The predicted molar refractivity (Wildman–Crippen MR) is 75.4 cm³/mol. The molecule has 0 aromatic rings. The van der Waals surface area contributed by atoms with Crippen molar-refractivity contribution in [3.63, 3.8) is 0 Å². The van der Waals surface area contributed by atoms with Gasteiger partial charge < -0.3 is 20.4 Å². The molecule has 0 saturated carbocycles. The van der Waals surface area contributed by atoms with Crippen LogP contribution in [-0.2, 0) is 9.59 Å². The van der Waals surface area contributed by atoms with Crippen molar-refractivity contribution >= 4 is 11.9 Å².